The third-order valence-electron chi connectivity index (χ3n) is 6.73. The summed E-state index contributed by atoms with van der Waals surface area (Å²) in [5.41, 5.74) is 6.38. The number of halogens is 4. The summed E-state index contributed by atoms with van der Waals surface area (Å²) in [5.74, 6) is -1.78. The van der Waals surface area contributed by atoms with Gasteiger partial charge in [0.05, 0.1) is 11.6 Å². The number of primary amides is 1. The monoisotopic (exact) mass is 663 g/mol. The number of benzene rings is 2. The fraction of sp³-hybridized carbons (Fsp3) is 0.400. The Hall–Kier alpha value is -4.66. The molecule has 2 aromatic carbocycles. The van der Waals surface area contributed by atoms with Crippen molar-refractivity contribution in [3.05, 3.63) is 70.0 Å². The minimum atomic E-state index is -4.59. The molecule has 4 aliphatic heterocycles. The van der Waals surface area contributed by atoms with Crippen molar-refractivity contribution >= 4 is 35.3 Å². The molecule has 246 valence electrons. The molecular formula is C30H33ClF3N7O5. The van der Waals surface area contributed by atoms with Gasteiger partial charge in [0, 0.05) is 38.2 Å². The number of hydrogen-bond donors (Lipinski definition) is 3. The molecule has 46 heavy (non-hydrogen) atoms. The molecule has 0 aliphatic carbocycles. The van der Waals surface area contributed by atoms with Gasteiger partial charge < -0.3 is 30.7 Å². The molecule has 0 fully saturated rings. The highest BCUT2D eigenvalue weighted by Crippen LogP contribution is 2.26. The van der Waals surface area contributed by atoms with E-state index in [0.29, 0.717) is 33.9 Å². The van der Waals surface area contributed by atoms with Crippen LogP contribution < -0.4 is 25.8 Å². The van der Waals surface area contributed by atoms with E-state index in [1.54, 1.807) is 42.5 Å². The number of anilines is 1. The summed E-state index contributed by atoms with van der Waals surface area (Å²) in [6.45, 7) is 2.91. The van der Waals surface area contributed by atoms with Crippen LogP contribution in [0.3, 0.4) is 0 Å². The lowest BCUT2D eigenvalue weighted by Crippen LogP contribution is -2.48. The second kappa shape index (κ2) is 14.6. The molecule has 0 unspecified atom stereocenters. The van der Waals surface area contributed by atoms with E-state index < -0.39 is 36.0 Å². The smallest absolute Gasteiger partial charge is 0.422 e. The van der Waals surface area contributed by atoms with Crippen molar-refractivity contribution in [2.75, 3.05) is 38.2 Å². The van der Waals surface area contributed by atoms with Crippen LogP contribution in [0.1, 0.15) is 47.6 Å². The van der Waals surface area contributed by atoms with Crippen LogP contribution in [0.15, 0.2) is 42.5 Å². The average Bonchev–Trinajstić information content (AvgIpc) is 2.99. The van der Waals surface area contributed by atoms with Crippen molar-refractivity contribution in [2.24, 2.45) is 11.1 Å². The molecule has 12 nitrogen and oxygen atoms in total. The first-order valence-corrected chi connectivity index (χ1v) is 14.6. The first kappa shape index (κ1) is 34.2. The molecule has 0 spiro atoms. The number of carbonyl (C=O) groups is 3. The fourth-order valence-electron chi connectivity index (χ4n) is 4.52. The van der Waals surface area contributed by atoms with E-state index in [2.05, 4.69) is 25.6 Å². The number of nitrogens with one attached hydrogen (secondary N) is 2. The molecule has 16 heteroatoms. The third kappa shape index (κ3) is 10.2. The second-order valence-corrected chi connectivity index (χ2v) is 11.8. The van der Waals surface area contributed by atoms with Gasteiger partial charge in [-0.25, -0.2) is 0 Å². The maximum absolute atomic E-state index is 12.9. The Balaban J connectivity index is 1.61. The molecule has 7 rings (SSSR count). The molecule has 0 radical (unpaired) electrons. The molecule has 0 saturated carbocycles. The predicted octanol–water partition coefficient (Wildman–Crippen LogP) is 3.52. The van der Waals surface area contributed by atoms with Crippen molar-refractivity contribution in [2.45, 2.75) is 39.4 Å². The first-order valence-electron chi connectivity index (χ1n) is 14.2. The molecule has 4 aliphatic rings. The molecule has 6 bridgehead atoms. The lowest BCUT2D eigenvalue weighted by molar-refractivity contribution is -0.154. The van der Waals surface area contributed by atoms with Gasteiger partial charge in [0.1, 0.15) is 11.6 Å². The molecule has 5 heterocycles. The summed E-state index contributed by atoms with van der Waals surface area (Å²) in [6, 6.07) is 11.1. The molecule has 0 atom stereocenters. The van der Waals surface area contributed by atoms with Gasteiger partial charge in [0.2, 0.25) is 5.95 Å². The van der Waals surface area contributed by atoms with Crippen molar-refractivity contribution in [1.29, 1.82) is 0 Å². The molecule has 0 saturated heterocycles. The van der Waals surface area contributed by atoms with Gasteiger partial charge >= 0.3 is 24.0 Å². The van der Waals surface area contributed by atoms with Crippen molar-refractivity contribution in [3.63, 3.8) is 0 Å². The summed E-state index contributed by atoms with van der Waals surface area (Å²) in [7, 11) is 0. The predicted molar refractivity (Wildman–Crippen MR) is 161 cm³/mol. The summed E-state index contributed by atoms with van der Waals surface area (Å²) in [5, 5.41) is 6.10. The average molecular weight is 664 g/mol. The normalized spacial score (nSPS) is 16.0. The number of nitrogens with zero attached hydrogens (tertiary/aromatic N) is 4. The minimum Gasteiger partial charge on any atom is -0.492 e. The summed E-state index contributed by atoms with van der Waals surface area (Å²) < 4.78 is 49.1. The van der Waals surface area contributed by atoms with Gasteiger partial charge in [0.25, 0.3) is 5.91 Å². The standard InChI is InChI=1S/C30H33ClF3N7O5/c1-29(2)15-37-25(43)20-7-4-18(5-8-20)13-23-38-27(40-28(39-23)46-17-30(32,33)34)36-14-19-6-9-22(21(31)12-19)45-11-3-10-41(16-29)26(44)24(35)42/h4-9,12H,3,10-11,13-17H2,1-2H3,(H2,35,42)(H,37,43)(H,36,38,39,40). The van der Waals surface area contributed by atoms with Crippen LogP contribution in [-0.2, 0) is 22.6 Å². The number of alkyl halides is 3. The Labute approximate surface area is 267 Å². The molecule has 3 amide bonds. The van der Waals surface area contributed by atoms with Crippen molar-refractivity contribution in [1.82, 2.24) is 25.2 Å². The van der Waals surface area contributed by atoms with E-state index in [-0.39, 0.29) is 56.9 Å². The Morgan fingerprint density at radius 1 is 1.09 bits per heavy atom. The number of aromatic nitrogens is 3. The van der Waals surface area contributed by atoms with Crippen LogP contribution in [0.4, 0.5) is 19.1 Å². The van der Waals surface area contributed by atoms with E-state index in [1.165, 1.54) is 4.90 Å². The number of rotatable bonds is 2. The zero-order chi connectivity index (χ0) is 33.5. The van der Waals surface area contributed by atoms with E-state index >= 15 is 0 Å². The summed E-state index contributed by atoms with van der Waals surface area (Å²) in [4.78, 5) is 50.9. The highest BCUT2D eigenvalue weighted by Gasteiger charge is 2.30. The topological polar surface area (TPSA) is 162 Å². The number of ether oxygens (including phenoxy) is 2. The van der Waals surface area contributed by atoms with E-state index in [9.17, 15) is 27.6 Å². The largest absolute Gasteiger partial charge is 0.492 e. The zero-order valence-electron chi connectivity index (χ0n) is 25.1. The number of amides is 3. The summed E-state index contributed by atoms with van der Waals surface area (Å²) >= 11 is 6.43. The van der Waals surface area contributed by atoms with Crippen LogP contribution in [0, 0.1) is 5.41 Å². The minimum absolute atomic E-state index is 0.0123. The van der Waals surface area contributed by atoms with E-state index in [0.717, 1.165) is 0 Å². The lowest BCUT2D eigenvalue weighted by atomic mass is 9.92. The van der Waals surface area contributed by atoms with Gasteiger partial charge in [-0.2, -0.15) is 28.1 Å². The van der Waals surface area contributed by atoms with Crippen molar-refractivity contribution < 1.29 is 37.0 Å². The highest BCUT2D eigenvalue weighted by molar-refractivity contribution is 6.34. The van der Waals surface area contributed by atoms with Crippen LogP contribution >= 0.6 is 11.6 Å². The number of carbonyl (C=O) groups excluding carboxylic acids is 3. The van der Waals surface area contributed by atoms with Crippen molar-refractivity contribution in [3.8, 4) is 11.8 Å². The maximum Gasteiger partial charge on any atom is 0.422 e. The van der Waals surface area contributed by atoms with E-state index in [1.807, 2.05) is 13.8 Å². The number of hydrogen-bond acceptors (Lipinski definition) is 9. The van der Waals surface area contributed by atoms with Crippen LogP contribution in [-0.4, -0.2) is 76.6 Å². The van der Waals surface area contributed by atoms with Gasteiger partial charge in [-0.05, 0) is 47.2 Å². The van der Waals surface area contributed by atoms with Gasteiger partial charge in [-0.15, -0.1) is 0 Å². The second-order valence-electron chi connectivity index (χ2n) is 11.4. The third-order valence-corrected chi connectivity index (χ3v) is 7.02. The quantitative estimate of drug-likeness (QED) is 0.349. The molecule has 3 aromatic rings. The Bertz CT molecular complexity index is 1570. The Morgan fingerprint density at radius 3 is 2.48 bits per heavy atom. The molecular weight excluding hydrogens is 631 g/mol. The van der Waals surface area contributed by atoms with Gasteiger partial charge in [0.15, 0.2) is 6.61 Å². The molecule has 1 aromatic heterocycles. The van der Waals surface area contributed by atoms with Crippen LogP contribution in [0.5, 0.6) is 11.8 Å². The lowest BCUT2D eigenvalue weighted by Gasteiger charge is -2.32. The maximum atomic E-state index is 12.9. The fourth-order valence-corrected chi connectivity index (χ4v) is 4.77. The van der Waals surface area contributed by atoms with Crippen LogP contribution in [0.2, 0.25) is 5.02 Å². The Kier molecular flexibility index (Phi) is 10.9. The highest BCUT2D eigenvalue weighted by atomic mass is 35.5. The first-order chi connectivity index (χ1) is 21.7. The SMILES string of the molecule is CC1(C)CNC(=O)c2ccc(cc2)Cc2nc(nc(OCC(F)(F)F)n2)NCc2ccc(c(Cl)c2)OCCCN(C(=O)C(N)=O)C1. The zero-order valence-corrected chi connectivity index (χ0v) is 25.9. The molecule has 4 N–H and O–H groups in total. The van der Waals surface area contributed by atoms with Gasteiger partial charge in [-0.1, -0.05) is 43.6 Å². The number of nitrogens with two attached hydrogens (primary N) is 1. The van der Waals surface area contributed by atoms with Gasteiger partial charge in [-0.3, -0.25) is 14.4 Å². The van der Waals surface area contributed by atoms with E-state index in [4.69, 9.17) is 26.8 Å². The Morgan fingerprint density at radius 2 is 1.80 bits per heavy atom. The van der Waals surface area contributed by atoms with Crippen LogP contribution in [0.25, 0.3) is 0 Å². The summed E-state index contributed by atoms with van der Waals surface area (Å²) in [6.07, 6.45) is -4.13.